The summed E-state index contributed by atoms with van der Waals surface area (Å²) in [6.07, 6.45) is 0.834. The Bertz CT molecular complexity index is 992. The van der Waals surface area contributed by atoms with Crippen molar-refractivity contribution in [2.45, 2.75) is 20.3 Å². The maximum Gasteiger partial charge on any atom is 0.302 e. The first-order chi connectivity index (χ1) is 11.8. The lowest BCUT2D eigenvalue weighted by atomic mass is 10.0. The van der Waals surface area contributed by atoms with Crippen LogP contribution in [0.3, 0.4) is 0 Å². The minimum Gasteiger partial charge on any atom is -0.424 e. The standard InChI is InChI=1S/C19H17Cl3N2O/c1-5-10(2)12-6-7-14(21)17-18(12)24(4)19(23-17)25-15-9-8-13(20)11(3)16(15)22/h6-9H,2,5H2,1,3-4H3. The van der Waals surface area contributed by atoms with Crippen molar-refractivity contribution in [3.05, 3.63) is 57.0 Å². The molecule has 130 valence electrons. The van der Waals surface area contributed by atoms with Crippen LogP contribution < -0.4 is 4.74 Å². The van der Waals surface area contributed by atoms with Crippen molar-refractivity contribution in [3.63, 3.8) is 0 Å². The molecule has 3 nitrogen and oxygen atoms in total. The zero-order chi connectivity index (χ0) is 18.3. The lowest BCUT2D eigenvalue weighted by molar-refractivity contribution is 0.428. The van der Waals surface area contributed by atoms with Crippen LogP contribution in [0.1, 0.15) is 24.5 Å². The first-order valence-corrected chi connectivity index (χ1v) is 8.94. The van der Waals surface area contributed by atoms with Gasteiger partial charge in [-0.3, -0.25) is 4.57 Å². The van der Waals surface area contributed by atoms with Gasteiger partial charge in [0.25, 0.3) is 0 Å². The predicted molar refractivity (Wildman–Crippen MR) is 106 cm³/mol. The fourth-order valence-corrected chi connectivity index (χ4v) is 3.25. The Balaban J connectivity index is 2.16. The summed E-state index contributed by atoms with van der Waals surface area (Å²) < 4.78 is 7.82. The van der Waals surface area contributed by atoms with Gasteiger partial charge in [0, 0.05) is 17.6 Å². The highest BCUT2D eigenvalue weighted by molar-refractivity contribution is 6.37. The molecule has 25 heavy (non-hydrogen) atoms. The molecule has 0 saturated carbocycles. The van der Waals surface area contributed by atoms with Crippen LogP contribution in [0, 0.1) is 6.92 Å². The molecule has 0 unspecified atom stereocenters. The third-order valence-corrected chi connectivity index (χ3v) is 5.41. The second-order valence-electron chi connectivity index (χ2n) is 5.79. The van der Waals surface area contributed by atoms with Crippen molar-refractivity contribution in [3.8, 4) is 11.8 Å². The zero-order valence-electron chi connectivity index (χ0n) is 14.2. The molecule has 0 aliphatic carbocycles. The molecule has 6 heteroatoms. The first-order valence-electron chi connectivity index (χ1n) is 7.80. The van der Waals surface area contributed by atoms with Gasteiger partial charge in [-0.25, -0.2) is 0 Å². The van der Waals surface area contributed by atoms with E-state index in [9.17, 15) is 0 Å². The lowest BCUT2D eigenvalue weighted by Crippen LogP contribution is -1.97. The molecule has 0 fully saturated rings. The van der Waals surface area contributed by atoms with Crippen LogP contribution in [0.25, 0.3) is 16.6 Å². The Labute approximate surface area is 161 Å². The molecule has 0 spiro atoms. The highest BCUT2D eigenvalue weighted by Gasteiger charge is 2.18. The molecular formula is C19H17Cl3N2O. The van der Waals surface area contributed by atoms with Crippen LogP contribution in [-0.4, -0.2) is 9.55 Å². The number of imidazole rings is 1. The van der Waals surface area contributed by atoms with Crippen LogP contribution in [0.4, 0.5) is 0 Å². The van der Waals surface area contributed by atoms with Gasteiger partial charge >= 0.3 is 6.01 Å². The van der Waals surface area contributed by atoms with E-state index < -0.39 is 0 Å². The van der Waals surface area contributed by atoms with E-state index in [0.29, 0.717) is 32.3 Å². The van der Waals surface area contributed by atoms with E-state index in [-0.39, 0.29) is 0 Å². The average molecular weight is 396 g/mol. The number of hydrogen-bond acceptors (Lipinski definition) is 2. The van der Waals surface area contributed by atoms with Crippen LogP contribution in [0.2, 0.25) is 15.1 Å². The summed E-state index contributed by atoms with van der Waals surface area (Å²) in [6, 6.07) is 7.66. The number of halogens is 3. The summed E-state index contributed by atoms with van der Waals surface area (Å²) in [4.78, 5) is 4.55. The normalized spacial score (nSPS) is 11.1. The number of rotatable bonds is 4. The molecular weight excluding hydrogens is 379 g/mol. The van der Waals surface area contributed by atoms with Gasteiger partial charge < -0.3 is 4.74 Å². The van der Waals surface area contributed by atoms with Crippen molar-refractivity contribution >= 4 is 51.4 Å². The van der Waals surface area contributed by atoms with E-state index in [0.717, 1.165) is 28.6 Å². The van der Waals surface area contributed by atoms with Crippen LogP contribution in [0.5, 0.6) is 11.8 Å². The summed E-state index contributed by atoms with van der Waals surface area (Å²) >= 11 is 18.8. The van der Waals surface area contributed by atoms with Crippen molar-refractivity contribution in [2.24, 2.45) is 7.05 Å². The molecule has 0 N–H and O–H groups in total. The molecule has 0 bridgehead atoms. The number of allylic oxidation sites excluding steroid dienone is 1. The SMILES string of the molecule is C=C(CC)c1ccc(Cl)c2nc(Oc3ccc(Cl)c(C)c3Cl)n(C)c12. The Morgan fingerprint density at radius 3 is 2.52 bits per heavy atom. The van der Waals surface area contributed by atoms with Gasteiger partial charge in [0.2, 0.25) is 0 Å². The van der Waals surface area contributed by atoms with Crippen LogP contribution in [0.15, 0.2) is 30.8 Å². The fourth-order valence-electron chi connectivity index (χ4n) is 2.65. The summed E-state index contributed by atoms with van der Waals surface area (Å²) in [5.74, 6) is 0.494. The highest BCUT2D eigenvalue weighted by atomic mass is 35.5. The quantitative estimate of drug-likeness (QED) is 0.473. The predicted octanol–water partition coefficient (Wildman–Crippen LogP) is 7.06. The Kier molecular flexibility index (Phi) is 5.01. The number of nitrogens with zero attached hydrogens (tertiary/aromatic N) is 2. The van der Waals surface area contributed by atoms with E-state index in [1.807, 2.05) is 30.7 Å². The van der Waals surface area contributed by atoms with Gasteiger partial charge in [0.15, 0.2) is 0 Å². The summed E-state index contributed by atoms with van der Waals surface area (Å²) in [6.45, 7) is 8.03. The van der Waals surface area contributed by atoms with E-state index in [1.54, 1.807) is 12.1 Å². The average Bonchev–Trinajstić information content (AvgIpc) is 2.93. The van der Waals surface area contributed by atoms with Crippen molar-refractivity contribution in [1.82, 2.24) is 9.55 Å². The van der Waals surface area contributed by atoms with Crippen molar-refractivity contribution in [2.75, 3.05) is 0 Å². The Morgan fingerprint density at radius 2 is 1.84 bits per heavy atom. The largest absolute Gasteiger partial charge is 0.424 e. The Morgan fingerprint density at radius 1 is 1.16 bits per heavy atom. The topological polar surface area (TPSA) is 27.1 Å². The minimum atomic E-state index is 0.400. The molecule has 3 rings (SSSR count). The van der Waals surface area contributed by atoms with Crippen LogP contribution in [-0.2, 0) is 7.05 Å². The van der Waals surface area contributed by atoms with E-state index >= 15 is 0 Å². The van der Waals surface area contributed by atoms with Crippen LogP contribution >= 0.6 is 34.8 Å². The van der Waals surface area contributed by atoms with Gasteiger partial charge in [0.1, 0.15) is 11.3 Å². The van der Waals surface area contributed by atoms with E-state index in [2.05, 4.69) is 18.5 Å². The zero-order valence-corrected chi connectivity index (χ0v) is 16.4. The number of fused-ring (bicyclic) bond motifs is 1. The minimum absolute atomic E-state index is 0.400. The molecule has 0 aliphatic heterocycles. The second-order valence-corrected chi connectivity index (χ2v) is 6.98. The highest BCUT2D eigenvalue weighted by Crippen LogP contribution is 2.38. The summed E-state index contributed by atoms with van der Waals surface area (Å²) in [5.41, 5.74) is 4.34. The summed E-state index contributed by atoms with van der Waals surface area (Å²) in [7, 11) is 1.88. The molecule has 1 heterocycles. The van der Waals surface area contributed by atoms with E-state index in [1.165, 1.54) is 0 Å². The van der Waals surface area contributed by atoms with Gasteiger partial charge in [-0.15, -0.1) is 0 Å². The molecule has 2 aromatic carbocycles. The molecule has 0 aliphatic rings. The molecule has 3 aromatic rings. The third kappa shape index (κ3) is 3.12. The molecule has 0 atom stereocenters. The molecule has 0 radical (unpaired) electrons. The van der Waals surface area contributed by atoms with E-state index in [4.69, 9.17) is 39.5 Å². The number of ether oxygens (including phenoxy) is 1. The third-order valence-electron chi connectivity index (χ3n) is 4.23. The number of benzene rings is 2. The number of aromatic nitrogens is 2. The maximum atomic E-state index is 6.35. The van der Waals surface area contributed by atoms with Gasteiger partial charge in [-0.1, -0.05) is 54.4 Å². The monoisotopic (exact) mass is 394 g/mol. The molecule has 0 amide bonds. The fraction of sp³-hybridized carbons (Fsp3) is 0.211. The van der Waals surface area contributed by atoms with Crippen molar-refractivity contribution in [1.29, 1.82) is 0 Å². The van der Waals surface area contributed by atoms with Crippen molar-refractivity contribution < 1.29 is 4.74 Å². The summed E-state index contributed by atoms with van der Waals surface area (Å²) in [5, 5.41) is 1.61. The smallest absolute Gasteiger partial charge is 0.302 e. The van der Waals surface area contributed by atoms with Gasteiger partial charge in [0.05, 0.1) is 15.6 Å². The first kappa shape index (κ1) is 18.1. The lowest BCUT2D eigenvalue weighted by Gasteiger charge is -2.11. The molecule has 1 aromatic heterocycles. The second kappa shape index (κ2) is 6.91. The number of hydrogen-bond donors (Lipinski definition) is 0. The molecule has 0 saturated heterocycles. The van der Waals surface area contributed by atoms with Gasteiger partial charge in [-0.2, -0.15) is 4.98 Å². The van der Waals surface area contributed by atoms with Gasteiger partial charge in [-0.05, 0) is 42.7 Å². The maximum absolute atomic E-state index is 6.35. The number of aryl methyl sites for hydroxylation is 1. The Hall–Kier alpha value is -1.68.